The number of hydrogen-bond donors (Lipinski definition) is 1. The summed E-state index contributed by atoms with van der Waals surface area (Å²) < 4.78 is 61.0. The van der Waals surface area contributed by atoms with Crippen LogP contribution in [-0.4, -0.2) is 52.7 Å². The van der Waals surface area contributed by atoms with Gasteiger partial charge in [-0.05, 0) is 0 Å². The van der Waals surface area contributed by atoms with Gasteiger partial charge in [-0.25, -0.2) is 0 Å². The summed E-state index contributed by atoms with van der Waals surface area (Å²) in [6, 6.07) is 0. The van der Waals surface area contributed by atoms with E-state index in [9.17, 15) is 22.0 Å². The van der Waals surface area contributed by atoms with Crippen molar-refractivity contribution < 1.29 is 35.6 Å². The van der Waals surface area contributed by atoms with E-state index in [1.165, 1.54) is 0 Å². The summed E-state index contributed by atoms with van der Waals surface area (Å²) in [6.07, 6.45) is -0.847. The van der Waals surface area contributed by atoms with E-state index >= 15 is 0 Å². The van der Waals surface area contributed by atoms with Crippen LogP contribution in [0.15, 0.2) is 0 Å². The van der Waals surface area contributed by atoms with Gasteiger partial charge in [0.05, 0.1) is 26.9 Å². The highest BCUT2D eigenvalue weighted by Gasteiger charge is 2.53. The smallest absolute Gasteiger partial charge is 0.348 e. The summed E-state index contributed by atoms with van der Waals surface area (Å²) in [5.74, 6) is -1.99. The molecule has 1 saturated heterocycles. The maximum Gasteiger partial charge on any atom is 0.446 e. The lowest BCUT2D eigenvalue weighted by Gasteiger charge is -2.16. The average molecular weight is 275 g/mol. The van der Waals surface area contributed by atoms with Crippen LogP contribution in [0.2, 0.25) is 0 Å². The summed E-state index contributed by atoms with van der Waals surface area (Å²) >= 11 is 0. The molecule has 1 heterocycles. The van der Waals surface area contributed by atoms with Crippen molar-refractivity contribution in [1.82, 2.24) is 5.32 Å². The SMILES string of the molecule is COS(=O)(=O)C(F)(F)C(=O)NCC1OCCO1. The normalized spacial score (nSPS) is 18.3. The van der Waals surface area contributed by atoms with Crippen LogP contribution in [0.1, 0.15) is 0 Å². The molecule has 1 aliphatic heterocycles. The standard InChI is InChI=1S/C7H11F2NO6S/c1-14-17(12,13)7(8,9)6(11)10-4-5-15-2-3-16-5/h5H,2-4H2,1H3,(H,10,11). The summed E-state index contributed by atoms with van der Waals surface area (Å²) in [7, 11) is -4.73. The molecule has 0 aromatic carbocycles. The first-order valence-electron chi connectivity index (χ1n) is 4.51. The van der Waals surface area contributed by atoms with Gasteiger partial charge in [0.25, 0.3) is 0 Å². The summed E-state index contributed by atoms with van der Waals surface area (Å²) in [4.78, 5) is 11.0. The topological polar surface area (TPSA) is 90.9 Å². The van der Waals surface area contributed by atoms with Crippen LogP contribution in [0.3, 0.4) is 0 Å². The molecule has 1 rings (SSSR count). The monoisotopic (exact) mass is 275 g/mol. The van der Waals surface area contributed by atoms with Crippen molar-refractivity contribution in [1.29, 1.82) is 0 Å². The second kappa shape index (κ2) is 5.21. The van der Waals surface area contributed by atoms with Gasteiger partial charge < -0.3 is 14.8 Å². The molecule has 17 heavy (non-hydrogen) atoms. The van der Waals surface area contributed by atoms with Gasteiger partial charge in [-0.3, -0.25) is 8.98 Å². The fourth-order valence-corrected chi connectivity index (χ4v) is 1.53. The van der Waals surface area contributed by atoms with Gasteiger partial charge in [-0.15, -0.1) is 0 Å². The number of halogens is 2. The van der Waals surface area contributed by atoms with Gasteiger partial charge >= 0.3 is 21.3 Å². The molecule has 1 N–H and O–H groups in total. The highest BCUT2D eigenvalue weighted by atomic mass is 32.2. The molecule has 0 aromatic rings. The van der Waals surface area contributed by atoms with E-state index in [1.54, 1.807) is 5.32 Å². The number of hydrogen-bond acceptors (Lipinski definition) is 6. The van der Waals surface area contributed by atoms with Gasteiger partial charge in [0.1, 0.15) is 0 Å². The van der Waals surface area contributed by atoms with Crippen LogP contribution in [-0.2, 0) is 28.6 Å². The van der Waals surface area contributed by atoms with E-state index in [-0.39, 0.29) is 19.8 Å². The Balaban J connectivity index is 2.56. The van der Waals surface area contributed by atoms with Gasteiger partial charge in [-0.2, -0.15) is 17.2 Å². The zero-order valence-electron chi connectivity index (χ0n) is 8.81. The van der Waals surface area contributed by atoms with Crippen LogP contribution in [0.5, 0.6) is 0 Å². The molecular weight excluding hydrogens is 264 g/mol. The van der Waals surface area contributed by atoms with Gasteiger partial charge in [-0.1, -0.05) is 0 Å². The van der Waals surface area contributed by atoms with Gasteiger partial charge in [0.2, 0.25) is 0 Å². The number of carbonyl (C=O) groups excluding carboxylic acids is 1. The minimum Gasteiger partial charge on any atom is -0.348 e. The molecule has 0 saturated carbocycles. The molecule has 0 unspecified atom stereocenters. The third-order valence-electron chi connectivity index (χ3n) is 1.92. The molecular formula is C7H11F2NO6S. The Morgan fingerprint density at radius 2 is 2.00 bits per heavy atom. The Kier molecular flexibility index (Phi) is 4.36. The first-order valence-corrected chi connectivity index (χ1v) is 5.91. The van der Waals surface area contributed by atoms with Gasteiger partial charge in [0, 0.05) is 0 Å². The van der Waals surface area contributed by atoms with E-state index in [4.69, 9.17) is 9.47 Å². The zero-order chi connectivity index (χ0) is 13.1. The van der Waals surface area contributed by atoms with E-state index in [1.807, 2.05) is 0 Å². The van der Waals surface area contributed by atoms with Crippen LogP contribution in [0.25, 0.3) is 0 Å². The molecule has 100 valence electrons. The molecule has 0 atom stereocenters. The number of alkyl halides is 2. The molecule has 0 aromatic heterocycles. The first kappa shape index (κ1) is 14.2. The number of amides is 1. The molecule has 7 nitrogen and oxygen atoms in total. The Hall–Kier alpha value is -0.840. The minimum atomic E-state index is -5.27. The Morgan fingerprint density at radius 1 is 1.47 bits per heavy atom. The fourth-order valence-electron chi connectivity index (χ4n) is 1.02. The highest BCUT2D eigenvalue weighted by Crippen LogP contribution is 2.23. The quantitative estimate of drug-likeness (QED) is 0.650. The van der Waals surface area contributed by atoms with Crippen molar-refractivity contribution in [2.45, 2.75) is 11.5 Å². The molecule has 1 amide bonds. The fraction of sp³-hybridized carbons (Fsp3) is 0.857. The molecule has 0 spiro atoms. The van der Waals surface area contributed by atoms with Crippen molar-refractivity contribution >= 4 is 16.0 Å². The third-order valence-corrected chi connectivity index (χ3v) is 3.17. The highest BCUT2D eigenvalue weighted by molar-refractivity contribution is 7.88. The molecule has 0 radical (unpaired) electrons. The second-order valence-corrected chi connectivity index (χ2v) is 4.77. The van der Waals surface area contributed by atoms with E-state index in [2.05, 4.69) is 4.18 Å². The maximum atomic E-state index is 13.1. The van der Waals surface area contributed by atoms with Crippen LogP contribution in [0, 0.1) is 0 Å². The van der Waals surface area contributed by atoms with Crippen molar-refractivity contribution in [3.05, 3.63) is 0 Å². The van der Waals surface area contributed by atoms with Crippen molar-refractivity contribution in [3.63, 3.8) is 0 Å². The maximum absolute atomic E-state index is 13.1. The minimum absolute atomic E-state index is 0.285. The molecule has 1 aliphatic rings. The van der Waals surface area contributed by atoms with Crippen LogP contribution in [0.4, 0.5) is 8.78 Å². The van der Waals surface area contributed by atoms with Crippen molar-refractivity contribution in [2.75, 3.05) is 26.9 Å². The Morgan fingerprint density at radius 3 is 2.47 bits per heavy atom. The summed E-state index contributed by atoms with van der Waals surface area (Å²) in [6.45, 7) is 0.203. The number of nitrogens with one attached hydrogen (secondary N) is 1. The summed E-state index contributed by atoms with van der Waals surface area (Å²) in [5, 5.41) is -2.95. The number of rotatable bonds is 5. The Bertz CT molecular complexity index is 378. The molecule has 0 aliphatic carbocycles. The van der Waals surface area contributed by atoms with E-state index in [0.29, 0.717) is 7.11 Å². The molecule has 10 heteroatoms. The first-order chi connectivity index (χ1) is 7.81. The largest absolute Gasteiger partial charge is 0.446 e. The van der Waals surface area contributed by atoms with E-state index in [0.717, 1.165) is 0 Å². The zero-order valence-corrected chi connectivity index (χ0v) is 9.63. The predicted molar refractivity (Wildman–Crippen MR) is 49.6 cm³/mol. The summed E-state index contributed by atoms with van der Waals surface area (Å²) in [5.41, 5.74) is 0. The lowest BCUT2D eigenvalue weighted by molar-refractivity contribution is -0.138. The Labute approximate surface area is 96.1 Å². The van der Waals surface area contributed by atoms with Gasteiger partial charge in [0.15, 0.2) is 6.29 Å². The van der Waals surface area contributed by atoms with Crippen molar-refractivity contribution in [2.24, 2.45) is 0 Å². The lowest BCUT2D eigenvalue weighted by Crippen LogP contribution is -2.48. The lowest BCUT2D eigenvalue weighted by atomic mass is 10.5. The van der Waals surface area contributed by atoms with E-state index < -0.39 is 27.6 Å². The average Bonchev–Trinajstić information content (AvgIpc) is 2.78. The molecule has 0 bridgehead atoms. The van der Waals surface area contributed by atoms with Crippen LogP contribution >= 0.6 is 0 Å². The number of ether oxygens (including phenoxy) is 2. The van der Waals surface area contributed by atoms with Crippen molar-refractivity contribution in [3.8, 4) is 0 Å². The van der Waals surface area contributed by atoms with Crippen LogP contribution < -0.4 is 5.32 Å². The third kappa shape index (κ3) is 3.09. The predicted octanol–water partition coefficient (Wildman–Crippen LogP) is -0.955. The second-order valence-electron chi connectivity index (χ2n) is 3.02. The molecule has 1 fully saturated rings. The number of carbonyl (C=O) groups is 1.